The lowest BCUT2D eigenvalue weighted by Crippen LogP contribution is -2.65. The van der Waals surface area contributed by atoms with Gasteiger partial charge in [0, 0.05) is 36.7 Å². The molecule has 0 N–H and O–H groups in total. The summed E-state index contributed by atoms with van der Waals surface area (Å²) in [5, 5.41) is 0. The second-order valence-corrected chi connectivity index (χ2v) is 8.72. The number of amides is 1. The Morgan fingerprint density at radius 1 is 1.33 bits per heavy atom. The number of allylic oxidation sites excluding steroid dienone is 1. The van der Waals surface area contributed by atoms with Gasteiger partial charge in [-0.15, -0.1) is 0 Å². The van der Waals surface area contributed by atoms with Gasteiger partial charge in [-0.2, -0.15) is 0 Å². The van der Waals surface area contributed by atoms with Gasteiger partial charge in [0.25, 0.3) is 5.91 Å². The van der Waals surface area contributed by atoms with Crippen molar-refractivity contribution in [2.24, 2.45) is 11.8 Å². The van der Waals surface area contributed by atoms with Gasteiger partial charge in [-0.05, 0) is 43.9 Å². The van der Waals surface area contributed by atoms with Gasteiger partial charge in [-0.25, -0.2) is 0 Å². The van der Waals surface area contributed by atoms with Crippen molar-refractivity contribution >= 4 is 11.6 Å². The maximum absolute atomic E-state index is 13.4. The molecule has 3 saturated heterocycles. The van der Waals surface area contributed by atoms with Crippen LogP contribution in [0.3, 0.4) is 0 Å². The maximum atomic E-state index is 13.4. The van der Waals surface area contributed by atoms with E-state index < -0.39 is 6.29 Å². The summed E-state index contributed by atoms with van der Waals surface area (Å²) in [7, 11) is 1.57. The summed E-state index contributed by atoms with van der Waals surface area (Å²) in [4.78, 5) is 18.2. The van der Waals surface area contributed by atoms with Crippen molar-refractivity contribution in [3.05, 3.63) is 41.5 Å². The predicted molar refractivity (Wildman–Crippen MR) is 101 cm³/mol. The first-order chi connectivity index (χ1) is 13.2. The first kappa shape index (κ1) is 16.3. The molecule has 6 rings (SSSR count). The highest BCUT2D eigenvalue weighted by Crippen LogP contribution is 2.63. The standard InChI is InChI=1S/C22H26N2O3/c1-3-13-11-23-9-8-22-16-6-4-5-7-17(16)24-19(22)15(14(13)10-18(22)23)12-27-21(26-2)20(24)25/h3-7,14-15,18-19,21H,8-12H2,1-2H3. The molecule has 6 atom stereocenters. The summed E-state index contributed by atoms with van der Waals surface area (Å²) < 4.78 is 11.5. The van der Waals surface area contributed by atoms with Crippen molar-refractivity contribution in [3.63, 3.8) is 0 Å². The van der Waals surface area contributed by atoms with Crippen molar-refractivity contribution < 1.29 is 14.3 Å². The molecule has 4 aliphatic heterocycles. The van der Waals surface area contributed by atoms with Gasteiger partial charge in [0.15, 0.2) is 0 Å². The highest BCUT2D eigenvalue weighted by Gasteiger charge is 2.69. The molecule has 5 nitrogen and oxygen atoms in total. The maximum Gasteiger partial charge on any atom is 0.284 e. The predicted octanol–water partition coefficient (Wildman–Crippen LogP) is 2.31. The molecule has 142 valence electrons. The van der Waals surface area contributed by atoms with Crippen LogP contribution in [0.15, 0.2) is 35.9 Å². The van der Waals surface area contributed by atoms with Crippen molar-refractivity contribution in [2.75, 3.05) is 31.7 Å². The molecule has 1 aromatic rings. The van der Waals surface area contributed by atoms with E-state index in [0.29, 0.717) is 24.5 Å². The van der Waals surface area contributed by atoms with E-state index in [1.807, 2.05) is 0 Å². The van der Waals surface area contributed by atoms with Crippen molar-refractivity contribution in [2.45, 2.75) is 43.6 Å². The second-order valence-electron chi connectivity index (χ2n) is 8.72. The van der Waals surface area contributed by atoms with Crippen molar-refractivity contribution in [1.82, 2.24) is 4.90 Å². The minimum absolute atomic E-state index is 0.0326. The molecule has 1 saturated carbocycles. The molecule has 1 amide bonds. The molecule has 4 fully saturated rings. The second kappa shape index (κ2) is 5.43. The van der Waals surface area contributed by atoms with Crippen molar-refractivity contribution in [3.8, 4) is 0 Å². The third-order valence-electron chi connectivity index (χ3n) is 8.04. The lowest BCUT2D eigenvalue weighted by molar-refractivity contribution is -0.162. The van der Waals surface area contributed by atoms with E-state index in [9.17, 15) is 4.79 Å². The van der Waals surface area contributed by atoms with Gasteiger partial charge in [-0.3, -0.25) is 9.69 Å². The number of hydrogen-bond donors (Lipinski definition) is 0. The average Bonchev–Trinajstić information content (AvgIpc) is 3.18. The fraction of sp³-hybridized carbons (Fsp3) is 0.591. The number of benzene rings is 1. The third kappa shape index (κ3) is 1.79. The van der Waals surface area contributed by atoms with E-state index in [2.05, 4.69) is 47.1 Å². The molecule has 4 heterocycles. The molecule has 5 heteroatoms. The summed E-state index contributed by atoms with van der Waals surface area (Å²) in [5.41, 5.74) is 4.02. The SMILES string of the molecule is CC=C1CN2CCC34c5ccccc5N5C(=O)C(OC)OCC(C1CC23)C54. The molecule has 0 radical (unpaired) electrons. The normalized spacial score (nSPS) is 43.6. The first-order valence-corrected chi connectivity index (χ1v) is 10.2. The van der Waals surface area contributed by atoms with Crippen LogP contribution >= 0.6 is 0 Å². The average molecular weight is 366 g/mol. The van der Waals surface area contributed by atoms with E-state index in [4.69, 9.17) is 9.47 Å². The Morgan fingerprint density at radius 3 is 3.00 bits per heavy atom. The number of ether oxygens (including phenoxy) is 2. The monoisotopic (exact) mass is 366 g/mol. The summed E-state index contributed by atoms with van der Waals surface area (Å²) in [5.74, 6) is 0.784. The lowest BCUT2D eigenvalue weighted by atomic mass is 9.55. The molecule has 0 aromatic heterocycles. The van der Waals surface area contributed by atoms with Crippen LogP contribution in [0.4, 0.5) is 5.69 Å². The Bertz CT molecular complexity index is 852. The van der Waals surface area contributed by atoms with Gasteiger partial charge < -0.3 is 14.4 Å². The summed E-state index contributed by atoms with van der Waals surface area (Å²) in [6, 6.07) is 9.28. The Balaban J connectivity index is 1.62. The van der Waals surface area contributed by atoms with Crippen LogP contribution in [0.5, 0.6) is 0 Å². The van der Waals surface area contributed by atoms with Gasteiger partial charge >= 0.3 is 0 Å². The number of anilines is 1. The van der Waals surface area contributed by atoms with E-state index in [1.54, 1.807) is 7.11 Å². The van der Waals surface area contributed by atoms with E-state index in [0.717, 1.165) is 25.2 Å². The highest BCUT2D eigenvalue weighted by molar-refractivity contribution is 6.00. The zero-order valence-electron chi connectivity index (χ0n) is 15.9. The van der Waals surface area contributed by atoms with Crippen LogP contribution in [0, 0.1) is 11.8 Å². The van der Waals surface area contributed by atoms with Crippen LogP contribution in [0.2, 0.25) is 0 Å². The number of hydrogen-bond acceptors (Lipinski definition) is 4. The van der Waals surface area contributed by atoms with Gasteiger partial charge in [-0.1, -0.05) is 29.8 Å². The molecule has 2 bridgehead atoms. The summed E-state index contributed by atoms with van der Waals surface area (Å²) in [6.45, 7) is 4.94. The number of carbonyl (C=O) groups excluding carboxylic acids is 1. The fourth-order valence-electron chi connectivity index (χ4n) is 7.11. The number of para-hydroxylation sites is 1. The number of piperidine rings is 1. The number of rotatable bonds is 1. The topological polar surface area (TPSA) is 42.0 Å². The van der Waals surface area contributed by atoms with Crippen LogP contribution in [0.25, 0.3) is 0 Å². The number of carbonyl (C=O) groups is 1. The number of fused-ring (bicyclic) bond motifs is 4. The Labute approximate surface area is 159 Å². The number of methoxy groups -OCH3 is 1. The molecule has 1 aliphatic carbocycles. The third-order valence-corrected chi connectivity index (χ3v) is 8.04. The quantitative estimate of drug-likeness (QED) is 0.716. The molecule has 5 aliphatic rings. The fourth-order valence-corrected chi connectivity index (χ4v) is 7.11. The zero-order valence-corrected chi connectivity index (χ0v) is 15.9. The smallest absolute Gasteiger partial charge is 0.284 e. The van der Waals surface area contributed by atoms with Gasteiger partial charge in [0.05, 0.1) is 12.6 Å². The van der Waals surface area contributed by atoms with Crippen LogP contribution in [0.1, 0.15) is 25.3 Å². The Morgan fingerprint density at radius 2 is 2.19 bits per heavy atom. The minimum Gasteiger partial charge on any atom is -0.348 e. The Hall–Kier alpha value is -1.69. The van der Waals surface area contributed by atoms with Crippen LogP contribution < -0.4 is 4.90 Å². The minimum atomic E-state index is -0.801. The molecular weight excluding hydrogens is 340 g/mol. The summed E-state index contributed by atoms with van der Waals surface area (Å²) >= 11 is 0. The van der Waals surface area contributed by atoms with E-state index in [1.165, 1.54) is 17.6 Å². The molecule has 6 unspecified atom stereocenters. The molecule has 1 aromatic carbocycles. The molecule has 27 heavy (non-hydrogen) atoms. The van der Waals surface area contributed by atoms with Gasteiger partial charge in [0.2, 0.25) is 6.29 Å². The number of nitrogens with zero attached hydrogens (tertiary/aromatic N) is 2. The summed E-state index contributed by atoms with van der Waals surface area (Å²) in [6.07, 6.45) is 3.81. The Kier molecular flexibility index (Phi) is 3.28. The van der Waals surface area contributed by atoms with Crippen LogP contribution in [-0.4, -0.2) is 56.0 Å². The first-order valence-electron chi connectivity index (χ1n) is 10.2. The van der Waals surface area contributed by atoms with Crippen molar-refractivity contribution in [1.29, 1.82) is 0 Å². The molecule has 1 spiro atoms. The highest BCUT2D eigenvalue weighted by atomic mass is 16.7. The lowest BCUT2D eigenvalue weighted by Gasteiger charge is -2.55. The largest absolute Gasteiger partial charge is 0.348 e. The van der Waals surface area contributed by atoms with E-state index >= 15 is 0 Å². The zero-order chi connectivity index (χ0) is 18.3. The molecular formula is C22H26N2O3. The van der Waals surface area contributed by atoms with Crippen LogP contribution in [-0.2, 0) is 19.7 Å². The van der Waals surface area contributed by atoms with Gasteiger partial charge in [0.1, 0.15) is 0 Å². The van der Waals surface area contributed by atoms with E-state index in [-0.39, 0.29) is 17.4 Å².